The Labute approximate surface area is 107 Å². The van der Waals surface area contributed by atoms with E-state index in [4.69, 9.17) is 5.84 Å². The van der Waals surface area contributed by atoms with E-state index in [-0.39, 0.29) is 5.54 Å². The largest absolute Gasteiger partial charge is 0.303 e. The molecule has 4 atom stereocenters. The number of hydrogen-bond donors (Lipinski definition) is 2. The van der Waals surface area contributed by atoms with Gasteiger partial charge in [-0.1, -0.05) is 20.3 Å². The molecule has 0 aromatic heterocycles. The van der Waals surface area contributed by atoms with Crippen LogP contribution in [0.1, 0.15) is 47.0 Å². The first-order valence-corrected chi connectivity index (χ1v) is 6.94. The fourth-order valence-corrected chi connectivity index (χ4v) is 3.09. The van der Waals surface area contributed by atoms with Crippen LogP contribution in [0.25, 0.3) is 0 Å². The highest BCUT2D eigenvalue weighted by atomic mass is 15.3. The number of hydrazine groups is 1. The maximum atomic E-state index is 5.83. The molecule has 1 aliphatic rings. The van der Waals surface area contributed by atoms with Gasteiger partial charge in [-0.05, 0) is 58.5 Å². The van der Waals surface area contributed by atoms with Crippen molar-refractivity contribution in [1.29, 1.82) is 0 Å². The van der Waals surface area contributed by atoms with Crippen LogP contribution in [-0.2, 0) is 0 Å². The van der Waals surface area contributed by atoms with Gasteiger partial charge in [0.05, 0.1) is 0 Å². The summed E-state index contributed by atoms with van der Waals surface area (Å²) in [6.45, 7) is 9.32. The molecule has 0 bridgehead atoms. The van der Waals surface area contributed by atoms with Crippen molar-refractivity contribution >= 4 is 0 Å². The van der Waals surface area contributed by atoms with Crippen LogP contribution < -0.4 is 11.3 Å². The van der Waals surface area contributed by atoms with Crippen LogP contribution in [-0.4, -0.2) is 30.6 Å². The smallest absolute Gasteiger partial charge is 0.0417 e. The highest BCUT2D eigenvalue weighted by Crippen LogP contribution is 2.38. The highest BCUT2D eigenvalue weighted by molar-refractivity contribution is 4.96. The summed E-state index contributed by atoms with van der Waals surface area (Å²) in [6.07, 6.45) is 3.94. The maximum Gasteiger partial charge on any atom is 0.0417 e. The SMILES string of the molecule is CC1CCC(C(NN)C(C)(C)N(C)C)CC1C. The third-order valence-corrected chi connectivity index (χ3v) is 5.20. The van der Waals surface area contributed by atoms with Gasteiger partial charge in [-0.25, -0.2) is 0 Å². The molecule has 1 fully saturated rings. The van der Waals surface area contributed by atoms with Gasteiger partial charge in [-0.3, -0.25) is 11.3 Å². The summed E-state index contributed by atoms with van der Waals surface area (Å²) >= 11 is 0. The summed E-state index contributed by atoms with van der Waals surface area (Å²) in [7, 11) is 4.28. The predicted molar refractivity (Wildman–Crippen MR) is 74.5 cm³/mol. The Kier molecular flexibility index (Phi) is 4.99. The molecule has 1 aliphatic carbocycles. The monoisotopic (exact) mass is 241 g/mol. The number of hydrogen-bond acceptors (Lipinski definition) is 3. The Morgan fingerprint density at radius 1 is 1.18 bits per heavy atom. The van der Waals surface area contributed by atoms with Crippen molar-refractivity contribution in [3.05, 3.63) is 0 Å². The fourth-order valence-electron chi connectivity index (χ4n) is 3.09. The molecule has 4 unspecified atom stereocenters. The van der Waals surface area contributed by atoms with E-state index in [9.17, 15) is 0 Å². The zero-order chi connectivity index (χ0) is 13.2. The minimum absolute atomic E-state index is 0.0969. The lowest BCUT2D eigenvalue weighted by molar-refractivity contribution is 0.0664. The summed E-state index contributed by atoms with van der Waals surface area (Å²) in [5.74, 6) is 8.22. The molecular formula is C14H31N3. The van der Waals surface area contributed by atoms with E-state index in [1.54, 1.807) is 0 Å². The number of nitrogens with one attached hydrogen (secondary N) is 1. The number of rotatable bonds is 4. The lowest BCUT2D eigenvalue weighted by Gasteiger charge is -2.46. The minimum atomic E-state index is 0.0969. The molecule has 102 valence electrons. The van der Waals surface area contributed by atoms with Crippen LogP contribution in [0.15, 0.2) is 0 Å². The van der Waals surface area contributed by atoms with Gasteiger partial charge in [-0.15, -0.1) is 0 Å². The highest BCUT2D eigenvalue weighted by Gasteiger charge is 2.39. The van der Waals surface area contributed by atoms with Crippen molar-refractivity contribution in [1.82, 2.24) is 10.3 Å². The van der Waals surface area contributed by atoms with Gasteiger partial charge in [0, 0.05) is 11.6 Å². The van der Waals surface area contributed by atoms with Gasteiger partial charge in [0.2, 0.25) is 0 Å². The molecule has 0 saturated heterocycles. The Balaban J connectivity index is 2.75. The second-order valence-electron chi connectivity index (χ2n) is 6.72. The molecule has 3 nitrogen and oxygen atoms in total. The van der Waals surface area contributed by atoms with E-state index < -0.39 is 0 Å². The van der Waals surface area contributed by atoms with Gasteiger partial charge in [0.25, 0.3) is 0 Å². The van der Waals surface area contributed by atoms with E-state index in [1.165, 1.54) is 19.3 Å². The Bertz CT molecular complexity index is 238. The van der Waals surface area contributed by atoms with Gasteiger partial charge >= 0.3 is 0 Å². The summed E-state index contributed by atoms with van der Waals surface area (Å²) in [6, 6.07) is 0.368. The van der Waals surface area contributed by atoms with Gasteiger partial charge in [0.15, 0.2) is 0 Å². The van der Waals surface area contributed by atoms with Crippen molar-refractivity contribution < 1.29 is 0 Å². The molecule has 0 aromatic rings. The van der Waals surface area contributed by atoms with Crippen molar-refractivity contribution in [3.8, 4) is 0 Å². The first-order valence-electron chi connectivity index (χ1n) is 6.94. The number of nitrogens with two attached hydrogens (primary N) is 1. The topological polar surface area (TPSA) is 41.3 Å². The quantitative estimate of drug-likeness (QED) is 0.586. The first kappa shape index (κ1) is 14.9. The molecule has 17 heavy (non-hydrogen) atoms. The van der Waals surface area contributed by atoms with Crippen LogP contribution >= 0.6 is 0 Å². The Morgan fingerprint density at radius 3 is 2.18 bits per heavy atom. The molecular weight excluding hydrogens is 210 g/mol. The third kappa shape index (κ3) is 3.21. The molecule has 0 aromatic carbocycles. The molecule has 0 aliphatic heterocycles. The molecule has 3 N–H and O–H groups in total. The Morgan fingerprint density at radius 2 is 1.76 bits per heavy atom. The zero-order valence-corrected chi connectivity index (χ0v) is 12.5. The van der Waals surface area contributed by atoms with Crippen LogP contribution in [0, 0.1) is 17.8 Å². The van der Waals surface area contributed by atoms with Crippen LogP contribution in [0.5, 0.6) is 0 Å². The van der Waals surface area contributed by atoms with Crippen molar-refractivity contribution in [3.63, 3.8) is 0 Å². The van der Waals surface area contributed by atoms with Crippen LogP contribution in [0.4, 0.5) is 0 Å². The van der Waals surface area contributed by atoms with Crippen molar-refractivity contribution in [2.75, 3.05) is 14.1 Å². The lowest BCUT2D eigenvalue weighted by atomic mass is 9.69. The van der Waals surface area contributed by atoms with Crippen LogP contribution in [0.2, 0.25) is 0 Å². The van der Waals surface area contributed by atoms with Gasteiger partial charge in [0.1, 0.15) is 0 Å². The molecule has 0 heterocycles. The van der Waals surface area contributed by atoms with E-state index in [2.05, 4.69) is 52.1 Å². The first-order chi connectivity index (χ1) is 7.80. The van der Waals surface area contributed by atoms with Crippen molar-refractivity contribution in [2.45, 2.75) is 58.5 Å². The van der Waals surface area contributed by atoms with E-state index in [0.29, 0.717) is 12.0 Å². The predicted octanol–water partition coefficient (Wildman–Crippen LogP) is 2.23. The summed E-state index contributed by atoms with van der Waals surface area (Å²) in [5.41, 5.74) is 3.18. The number of likely N-dealkylation sites (N-methyl/N-ethyl adjacent to an activating group) is 1. The second-order valence-corrected chi connectivity index (χ2v) is 6.72. The van der Waals surface area contributed by atoms with Crippen LogP contribution in [0.3, 0.4) is 0 Å². The van der Waals surface area contributed by atoms with E-state index >= 15 is 0 Å². The van der Waals surface area contributed by atoms with E-state index in [1.807, 2.05) is 0 Å². The Hall–Kier alpha value is -0.120. The second kappa shape index (κ2) is 5.68. The maximum absolute atomic E-state index is 5.83. The average Bonchev–Trinajstić information content (AvgIpc) is 2.23. The number of nitrogens with zero attached hydrogens (tertiary/aromatic N) is 1. The molecule has 1 rings (SSSR count). The van der Waals surface area contributed by atoms with Crippen molar-refractivity contribution in [2.24, 2.45) is 23.6 Å². The lowest BCUT2D eigenvalue weighted by Crippen LogP contribution is -2.61. The molecule has 0 radical (unpaired) electrons. The molecule has 0 spiro atoms. The average molecular weight is 241 g/mol. The molecule has 3 heteroatoms. The van der Waals surface area contributed by atoms with Gasteiger partial charge < -0.3 is 4.90 Å². The zero-order valence-electron chi connectivity index (χ0n) is 12.5. The summed E-state index contributed by atoms with van der Waals surface area (Å²) < 4.78 is 0. The summed E-state index contributed by atoms with van der Waals surface area (Å²) in [5, 5.41) is 0. The molecule has 1 saturated carbocycles. The van der Waals surface area contributed by atoms with E-state index in [0.717, 1.165) is 11.8 Å². The normalized spacial score (nSPS) is 32.8. The standard InChI is InChI=1S/C14H31N3/c1-10-7-8-12(9-11(10)2)13(16-15)14(3,4)17(5)6/h10-13,16H,7-9,15H2,1-6H3. The third-order valence-electron chi connectivity index (χ3n) is 5.20. The van der Waals surface area contributed by atoms with Gasteiger partial charge in [-0.2, -0.15) is 0 Å². The summed E-state index contributed by atoms with van der Waals surface area (Å²) in [4.78, 5) is 2.28. The minimum Gasteiger partial charge on any atom is -0.303 e. The fraction of sp³-hybridized carbons (Fsp3) is 1.00. The molecule has 0 amide bonds.